The van der Waals surface area contributed by atoms with Gasteiger partial charge in [0.15, 0.2) is 9.84 Å². The van der Waals surface area contributed by atoms with Crippen LogP contribution in [0.3, 0.4) is 0 Å². The number of carbonyl (C=O) groups is 1. The minimum Gasteiger partial charge on any atom is -0.497 e. The van der Waals surface area contributed by atoms with Crippen LogP contribution in [0.5, 0.6) is 5.75 Å². The van der Waals surface area contributed by atoms with E-state index in [0.717, 1.165) is 33.0 Å². The molecule has 0 atom stereocenters. The monoisotopic (exact) mass is 575 g/mol. The van der Waals surface area contributed by atoms with Crippen LogP contribution in [0.25, 0.3) is 0 Å². The molecule has 1 fully saturated rings. The highest BCUT2D eigenvalue weighted by molar-refractivity contribution is 7.91. The third kappa shape index (κ3) is 5.88. The molecule has 2 aromatic carbocycles. The molecule has 0 unspecified atom stereocenters. The maximum absolute atomic E-state index is 13.2. The number of nitrogens with zero attached hydrogens (tertiary/aromatic N) is 1. The summed E-state index contributed by atoms with van der Waals surface area (Å²) in [5, 5.41) is 6.27. The van der Waals surface area contributed by atoms with Crippen LogP contribution < -0.4 is 15.4 Å². The number of anilines is 1. The number of thiophene rings is 1. The zero-order valence-electron chi connectivity index (χ0n) is 20.8. The summed E-state index contributed by atoms with van der Waals surface area (Å²) in [5.74, 6) is 0.491. The van der Waals surface area contributed by atoms with Crippen molar-refractivity contribution in [3.8, 4) is 5.75 Å². The molecule has 0 aliphatic carbocycles. The molecule has 38 heavy (non-hydrogen) atoms. The number of benzene rings is 2. The summed E-state index contributed by atoms with van der Waals surface area (Å²) < 4.78 is 57.2. The lowest BCUT2D eigenvalue weighted by Crippen LogP contribution is -2.42. The van der Waals surface area contributed by atoms with Gasteiger partial charge in [0.2, 0.25) is 0 Å². The third-order valence-electron chi connectivity index (χ3n) is 6.77. The van der Waals surface area contributed by atoms with Crippen molar-refractivity contribution in [3.63, 3.8) is 0 Å². The Balaban J connectivity index is 1.15. The first-order valence-corrected chi connectivity index (χ1v) is 16.3. The standard InChI is InChI=1S/C26H29N3O6S3/c1-35-23-4-2-3-18(14-23)26(30)27-15-24-7-8-25(36-24)38(33,34)29-11-9-21(10-12-29)28-22-6-5-19-16-37(31,32)17-20(19)13-22/h2-8,13-14,21,28H,9-12,15-17H2,1H3,(H,27,30). The number of ether oxygens (including phenoxy) is 1. The molecule has 12 heteroatoms. The van der Waals surface area contributed by atoms with Crippen molar-refractivity contribution < 1.29 is 26.4 Å². The first kappa shape index (κ1) is 26.7. The summed E-state index contributed by atoms with van der Waals surface area (Å²) in [6.45, 7) is 1.00. The van der Waals surface area contributed by atoms with Crippen molar-refractivity contribution in [2.75, 3.05) is 25.5 Å². The molecule has 5 rings (SSSR count). The van der Waals surface area contributed by atoms with E-state index in [1.807, 2.05) is 18.2 Å². The van der Waals surface area contributed by atoms with Gasteiger partial charge in [-0.25, -0.2) is 16.8 Å². The number of hydrogen-bond donors (Lipinski definition) is 2. The molecule has 2 N–H and O–H groups in total. The zero-order valence-corrected chi connectivity index (χ0v) is 23.3. The highest BCUT2D eigenvalue weighted by Gasteiger charge is 2.31. The van der Waals surface area contributed by atoms with Crippen LogP contribution >= 0.6 is 11.3 Å². The van der Waals surface area contributed by atoms with Crippen molar-refractivity contribution in [2.24, 2.45) is 0 Å². The number of rotatable bonds is 8. The number of piperidine rings is 1. The van der Waals surface area contributed by atoms with E-state index in [9.17, 15) is 21.6 Å². The maximum atomic E-state index is 13.2. The Labute approximate surface area is 226 Å². The fourth-order valence-electron chi connectivity index (χ4n) is 4.74. The van der Waals surface area contributed by atoms with E-state index in [1.165, 1.54) is 11.4 Å². The predicted molar refractivity (Wildman–Crippen MR) is 147 cm³/mol. The van der Waals surface area contributed by atoms with Gasteiger partial charge >= 0.3 is 0 Å². The second-order valence-corrected chi connectivity index (χ2v) is 14.9. The molecule has 1 aromatic heterocycles. The number of sulfonamides is 1. The van der Waals surface area contributed by atoms with E-state index in [2.05, 4.69) is 10.6 Å². The summed E-state index contributed by atoms with van der Waals surface area (Å²) in [4.78, 5) is 13.2. The van der Waals surface area contributed by atoms with Crippen LogP contribution in [0.4, 0.5) is 5.69 Å². The number of fused-ring (bicyclic) bond motifs is 1. The molecule has 1 amide bonds. The van der Waals surface area contributed by atoms with Gasteiger partial charge in [-0.3, -0.25) is 4.79 Å². The molecule has 0 saturated carbocycles. The lowest BCUT2D eigenvalue weighted by Gasteiger charge is -2.31. The Bertz CT molecular complexity index is 1560. The molecule has 0 spiro atoms. The third-order valence-corrected chi connectivity index (χ3v) is 11.7. The summed E-state index contributed by atoms with van der Waals surface area (Å²) in [6.07, 6.45) is 1.28. The number of nitrogens with one attached hydrogen (secondary N) is 2. The fourth-order valence-corrected chi connectivity index (χ4v) is 9.26. The quantitative estimate of drug-likeness (QED) is 0.422. The van der Waals surface area contributed by atoms with E-state index in [-0.39, 0.29) is 34.2 Å². The van der Waals surface area contributed by atoms with Crippen molar-refractivity contribution in [2.45, 2.75) is 41.1 Å². The Hall–Kier alpha value is -2.93. The van der Waals surface area contributed by atoms with E-state index in [0.29, 0.717) is 37.2 Å². The lowest BCUT2D eigenvalue weighted by atomic mass is 10.0. The topological polar surface area (TPSA) is 122 Å². The van der Waals surface area contributed by atoms with Gasteiger partial charge in [-0.2, -0.15) is 4.31 Å². The van der Waals surface area contributed by atoms with Gasteiger partial charge in [0.05, 0.1) is 25.2 Å². The Morgan fingerprint density at radius 2 is 1.82 bits per heavy atom. The van der Waals surface area contributed by atoms with Gasteiger partial charge in [-0.05, 0) is 66.4 Å². The summed E-state index contributed by atoms with van der Waals surface area (Å²) in [7, 11) is -5.15. The molecular weight excluding hydrogens is 547 g/mol. The average molecular weight is 576 g/mol. The average Bonchev–Trinajstić information content (AvgIpc) is 3.51. The molecule has 1 saturated heterocycles. The highest BCUT2D eigenvalue weighted by Crippen LogP contribution is 2.30. The molecule has 9 nitrogen and oxygen atoms in total. The highest BCUT2D eigenvalue weighted by atomic mass is 32.2. The zero-order chi connectivity index (χ0) is 26.9. The van der Waals surface area contributed by atoms with E-state index in [4.69, 9.17) is 4.74 Å². The molecule has 3 aromatic rings. The van der Waals surface area contributed by atoms with Gasteiger partial charge in [0.1, 0.15) is 9.96 Å². The van der Waals surface area contributed by atoms with Crippen LogP contribution in [0, 0.1) is 0 Å². The first-order valence-electron chi connectivity index (χ1n) is 12.2. The van der Waals surface area contributed by atoms with Crippen LogP contribution in [-0.4, -0.2) is 53.3 Å². The van der Waals surface area contributed by atoms with Crippen molar-refractivity contribution in [3.05, 3.63) is 76.2 Å². The number of amides is 1. The van der Waals surface area contributed by atoms with Crippen molar-refractivity contribution in [1.82, 2.24) is 9.62 Å². The Morgan fingerprint density at radius 1 is 1.05 bits per heavy atom. The summed E-state index contributed by atoms with van der Waals surface area (Å²) in [6, 6.07) is 15.9. The molecular formula is C26H29N3O6S3. The lowest BCUT2D eigenvalue weighted by molar-refractivity contribution is 0.0951. The second-order valence-electron chi connectivity index (χ2n) is 9.47. The van der Waals surface area contributed by atoms with Crippen LogP contribution in [0.15, 0.2) is 58.8 Å². The maximum Gasteiger partial charge on any atom is 0.252 e. The molecule has 2 aliphatic heterocycles. The minimum atomic E-state index is -3.63. The van der Waals surface area contributed by atoms with Crippen molar-refractivity contribution >= 4 is 42.8 Å². The molecule has 3 heterocycles. The van der Waals surface area contributed by atoms with Crippen molar-refractivity contribution in [1.29, 1.82) is 0 Å². The van der Waals surface area contributed by atoms with Gasteiger partial charge < -0.3 is 15.4 Å². The van der Waals surface area contributed by atoms with E-state index >= 15 is 0 Å². The van der Waals surface area contributed by atoms with Crippen LogP contribution in [0.2, 0.25) is 0 Å². The number of carbonyl (C=O) groups excluding carboxylic acids is 1. The second kappa shape index (κ2) is 10.7. The van der Waals surface area contributed by atoms with E-state index < -0.39 is 19.9 Å². The van der Waals surface area contributed by atoms with Gasteiger partial charge in [0, 0.05) is 35.3 Å². The predicted octanol–water partition coefficient (Wildman–Crippen LogP) is 3.38. The van der Waals surface area contributed by atoms with E-state index in [1.54, 1.807) is 36.4 Å². The van der Waals surface area contributed by atoms with Gasteiger partial charge in [-0.1, -0.05) is 12.1 Å². The smallest absolute Gasteiger partial charge is 0.252 e. The normalized spacial score (nSPS) is 17.6. The molecule has 2 aliphatic rings. The fraction of sp³-hybridized carbons (Fsp3) is 0.346. The van der Waals surface area contributed by atoms with Crippen LogP contribution in [-0.2, 0) is 37.9 Å². The number of sulfone groups is 1. The summed E-state index contributed by atoms with van der Waals surface area (Å²) >= 11 is 1.16. The molecule has 202 valence electrons. The summed E-state index contributed by atoms with van der Waals surface area (Å²) in [5.41, 5.74) is 3.02. The Morgan fingerprint density at radius 3 is 2.58 bits per heavy atom. The van der Waals surface area contributed by atoms with Gasteiger partial charge in [-0.15, -0.1) is 11.3 Å². The minimum absolute atomic E-state index is 0.0715. The Kier molecular flexibility index (Phi) is 7.49. The van der Waals surface area contributed by atoms with Crippen LogP contribution in [0.1, 0.15) is 39.2 Å². The largest absolute Gasteiger partial charge is 0.497 e. The molecule has 0 bridgehead atoms. The van der Waals surface area contributed by atoms with Gasteiger partial charge in [0.25, 0.3) is 15.9 Å². The molecule has 0 radical (unpaired) electrons. The first-order chi connectivity index (χ1) is 18.1. The number of hydrogen-bond acceptors (Lipinski definition) is 8. The SMILES string of the molecule is COc1cccc(C(=O)NCc2ccc(S(=O)(=O)N3CCC(Nc4ccc5c(c4)CS(=O)(=O)C5)CC3)s2)c1. The number of methoxy groups -OCH3 is 1.